The van der Waals surface area contributed by atoms with Crippen molar-refractivity contribution in [2.24, 2.45) is 0 Å². The van der Waals surface area contributed by atoms with E-state index in [0.717, 1.165) is 41.2 Å². The second-order valence-electron chi connectivity index (χ2n) is 7.00. The van der Waals surface area contributed by atoms with Crippen LogP contribution in [-0.4, -0.2) is 38.0 Å². The van der Waals surface area contributed by atoms with Crippen LogP contribution in [0.3, 0.4) is 0 Å². The highest BCUT2D eigenvalue weighted by Crippen LogP contribution is 2.33. The SMILES string of the molecule is CCCCn1c(SCC(=O)N2CCc3cc(-c4csc(C)n4)ccc32)n[nH]c1=O. The standard InChI is InChI=1S/C20H23N5O2S2/c1-3-4-8-25-19(27)22-23-20(25)29-12-18(26)24-9-7-15-10-14(5-6-17(15)24)16-11-28-13(2)21-16/h5-6,10-11H,3-4,7-9,12H2,1-2H3,(H,22,27). The lowest BCUT2D eigenvalue weighted by molar-refractivity contribution is -0.116. The first-order valence-corrected chi connectivity index (χ1v) is 11.6. The molecule has 3 aromatic rings. The van der Waals surface area contributed by atoms with E-state index in [9.17, 15) is 9.59 Å². The molecule has 0 fully saturated rings. The second kappa shape index (κ2) is 8.54. The van der Waals surface area contributed by atoms with Gasteiger partial charge in [0.25, 0.3) is 0 Å². The number of thioether (sulfide) groups is 1. The van der Waals surface area contributed by atoms with E-state index in [1.54, 1.807) is 15.9 Å². The molecule has 0 radical (unpaired) electrons. The van der Waals surface area contributed by atoms with Gasteiger partial charge >= 0.3 is 5.69 Å². The van der Waals surface area contributed by atoms with E-state index < -0.39 is 0 Å². The van der Waals surface area contributed by atoms with E-state index in [2.05, 4.69) is 33.6 Å². The summed E-state index contributed by atoms with van der Waals surface area (Å²) in [5, 5.41) is 10.2. The number of aromatic nitrogens is 4. The molecule has 0 spiro atoms. The highest BCUT2D eigenvalue weighted by atomic mass is 32.2. The molecule has 9 heteroatoms. The Morgan fingerprint density at radius 2 is 2.24 bits per heavy atom. The summed E-state index contributed by atoms with van der Waals surface area (Å²) < 4.78 is 1.61. The van der Waals surface area contributed by atoms with Crippen LogP contribution in [0.2, 0.25) is 0 Å². The van der Waals surface area contributed by atoms with Gasteiger partial charge in [-0.05, 0) is 37.5 Å². The molecule has 0 aliphatic carbocycles. The van der Waals surface area contributed by atoms with Gasteiger partial charge in [-0.3, -0.25) is 9.36 Å². The van der Waals surface area contributed by atoms with E-state index in [0.29, 0.717) is 18.2 Å². The molecule has 0 bridgehead atoms. The van der Waals surface area contributed by atoms with Crippen LogP contribution in [0.4, 0.5) is 5.69 Å². The fraction of sp³-hybridized carbons (Fsp3) is 0.400. The third kappa shape index (κ3) is 4.16. The van der Waals surface area contributed by atoms with Crippen molar-refractivity contribution in [1.82, 2.24) is 19.7 Å². The molecule has 4 rings (SSSR count). The van der Waals surface area contributed by atoms with Gasteiger partial charge in [-0.2, -0.15) is 0 Å². The van der Waals surface area contributed by atoms with Crippen molar-refractivity contribution in [3.05, 3.63) is 44.6 Å². The van der Waals surface area contributed by atoms with Gasteiger partial charge < -0.3 is 4.90 Å². The molecule has 1 aliphatic heterocycles. The predicted molar refractivity (Wildman–Crippen MR) is 117 cm³/mol. The van der Waals surface area contributed by atoms with Crippen LogP contribution < -0.4 is 10.6 Å². The van der Waals surface area contributed by atoms with E-state index in [-0.39, 0.29) is 17.3 Å². The quantitative estimate of drug-likeness (QED) is 0.581. The Balaban J connectivity index is 1.45. The number of carbonyl (C=O) groups excluding carboxylic acids is 1. The summed E-state index contributed by atoms with van der Waals surface area (Å²) in [6.45, 7) is 5.37. The van der Waals surface area contributed by atoms with Crippen molar-refractivity contribution >= 4 is 34.7 Å². The number of aryl methyl sites for hydroxylation is 1. The maximum absolute atomic E-state index is 12.8. The van der Waals surface area contributed by atoms with Crippen molar-refractivity contribution in [3.63, 3.8) is 0 Å². The number of aromatic amines is 1. The van der Waals surface area contributed by atoms with Crippen LogP contribution >= 0.6 is 23.1 Å². The molecule has 1 aromatic carbocycles. The van der Waals surface area contributed by atoms with Crippen LogP contribution in [0, 0.1) is 6.92 Å². The Hall–Kier alpha value is -2.39. The molecular weight excluding hydrogens is 406 g/mol. The van der Waals surface area contributed by atoms with Crippen LogP contribution in [0.1, 0.15) is 30.3 Å². The van der Waals surface area contributed by atoms with Crippen molar-refractivity contribution in [1.29, 1.82) is 0 Å². The first-order valence-electron chi connectivity index (χ1n) is 9.70. The fourth-order valence-electron chi connectivity index (χ4n) is 3.45. The van der Waals surface area contributed by atoms with Crippen LogP contribution in [0.15, 0.2) is 33.5 Å². The molecule has 0 unspecified atom stereocenters. The summed E-state index contributed by atoms with van der Waals surface area (Å²) in [4.78, 5) is 31.1. The fourth-order valence-corrected chi connectivity index (χ4v) is 4.92. The minimum atomic E-state index is -0.218. The number of carbonyl (C=O) groups is 1. The molecule has 2 aromatic heterocycles. The zero-order valence-corrected chi connectivity index (χ0v) is 18.1. The first kappa shape index (κ1) is 19.9. The molecule has 152 valence electrons. The number of fused-ring (bicyclic) bond motifs is 1. The molecule has 1 amide bonds. The number of rotatable bonds is 7. The predicted octanol–water partition coefficient (Wildman–Crippen LogP) is 3.48. The number of unbranched alkanes of at least 4 members (excludes halogenated alkanes) is 1. The van der Waals surface area contributed by atoms with Gasteiger partial charge in [-0.15, -0.1) is 16.4 Å². The number of nitrogens with zero attached hydrogens (tertiary/aromatic N) is 4. The van der Waals surface area contributed by atoms with Crippen LogP contribution in [0.25, 0.3) is 11.3 Å². The van der Waals surface area contributed by atoms with Gasteiger partial charge in [0, 0.05) is 29.7 Å². The van der Waals surface area contributed by atoms with Gasteiger partial charge in [0.15, 0.2) is 5.16 Å². The molecule has 3 heterocycles. The summed E-state index contributed by atoms with van der Waals surface area (Å²) in [7, 11) is 0. The summed E-state index contributed by atoms with van der Waals surface area (Å²) in [6.07, 6.45) is 2.74. The molecular formula is C20H23N5O2S2. The normalized spacial score (nSPS) is 13.1. The van der Waals surface area contributed by atoms with Gasteiger partial charge in [0.1, 0.15) is 0 Å². The smallest absolute Gasteiger partial charge is 0.311 e. The molecule has 7 nitrogen and oxygen atoms in total. The monoisotopic (exact) mass is 429 g/mol. The highest BCUT2D eigenvalue weighted by Gasteiger charge is 2.25. The van der Waals surface area contributed by atoms with E-state index in [1.165, 1.54) is 17.3 Å². The average Bonchev–Trinajstić information content (AvgIpc) is 3.42. The minimum absolute atomic E-state index is 0.0310. The maximum atomic E-state index is 12.8. The molecule has 0 atom stereocenters. The van der Waals surface area contributed by atoms with Crippen LogP contribution in [0.5, 0.6) is 0 Å². The number of thiazole rings is 1. The summed E-state index contributed by atoms with van der Waals surface area (Å²) >= 11 is 2.95. The lowest BCUT2D eigenvalue weighted by Crippen LogP contribution is -2.30. The van der Waals surface area contributed by atoms with Gasteiger partial charge in [0.2, 0.25) is 5.91 Å². The largest absolute Gasteiger partial charge is 0.343 e. The third-order valence-corrected chi connectivity index (χ3v) is 6.71. The number of hydrogen-bond donors (Lipinski definition) is 1. The number of hydrogen-bond acceptors (Lipinski definition) is 6. The number of H-pyrrole nitrogens is 1. The van der Waals surface area contributed by atoms with E-state index >= 15 is 0 Å². The molecule has 1 aliphatic rings. The molecule has 29 heavy (non-hydrogen) atoms. The van der Waals surface area contributed by atoms with Crippen molar-refractivity contribution in [2.45, 2.75) is 44.8 Å². The van der Waals surface area contributed by atoms with E-state index in [1.807, 2.05) is 24.0 Å². The number of nitrogens with one attached hydrogen (secondary N) is 1. The zero-order valence-electron chi connectivity index (χ0n) is 16.5. The molecule has 1 N–H and O–H groups in total. The number of benzene rings is 1. The Morgan fingerprint density at radius 1 is 1.38 bits per heavy atom. The van der Waals surface area contributed by atoms with Gasteiger partial charge in [-0.25, -0.2) is 14.9 Å². The van der Waals surface area contributed by atoms with E-state index in [4.69, 9.17) is 0 Å². The Bertz CT molecular complexity index is 1080. The summed E-state index contributed by atoms with van der Waals surface area (Å²) in [5.41, 5.74) is 4.00. The minimum Gasteiger partial charge on any atom is -0.311 e. The summed E-state index contributed by atoms with van der Waals surface area (Å²) in [5.74, 6) is 0.284. The Kier molecular flexibility index (Phi) is 5.86. The number of amides is 1. The average molecular weight is 430 g/mol. The van der Waals surface area contributed by atoms with Crippen molar-refractivity contribution in [3.8, 4) is 11.3 Å². The van der Waals surface area contributed by atoms with Gasteiger partial charge in [0.05, 0.1) is 16.5 Å². The lowest BCUT2D eigenvalue weighted by atomic mass is 10.1. The highest BCUT2D eigenvalue weighted by molar-refractivity contribution is 7.99. The molecule has 0 saturated heterocycles. The first-order chi connectivity index (χ1) is 14.1. The lowest BCUT2D eigenvalue weighted by Gasteiger charge is -2.17. The Labute approximate surface area is 177 Å². The third-order valence-electron chi connectivity index (χ3n) is 4.97. The van der Waals surface area contributed by atoms with Crippen molar-refractivity contribution < 1.29 is 4.79 Å². The van der Waals surface area contributed by atoms with Crippen LogP contribution in [-0.2, 0) is 17.8 Å². The zero-order chi connectivity index (χ0) is 20.4. The topological polar surface area (TPSA) is 83.9 Å². The molecule has 0 saturated carbocycles. The maximum Gasteiger partial charge on any atom is 0.343 e. The summed E-state index contributed by atoms with van der Waals surface area (Å²) in [6, 6.07) is 6.18. The number of anilines is 1. The van der Waals surface area contributed by atoms with Gasteiger partial charge in [-0.1, -0.05) is 31.2 Å². The Morgan fingerprint density at radius 3 is 3.00 bits per heavy atom. The van der Waals surface area contributed by atoms with Crippen molar-refractivity contribution in [2.75, 3.05) is 17.2 Å². The second-order valence-corrected chi connectivity index (χ2v) is 9.00.